The van der Waals surface area contributed by atoms with E-state index in [9.17, 15) is 14.4 Å². The van der Waals surface area contributed by atoms with Gasteiger partial charge in [-0.3, -0.25) is 14.4 Å². The molecule has 3 aromatic rings. The first-order valence-electron chi connectivity index (χ1n) is 9.44. The Morgan fingerprint density at radius 2 is 1.87 bits per heavy atom. The first-order valence-corrected chi connectivity index (χ1v) is 10.3. The van der Waals surface area contributed by atoms with Crippen LogP contribution in [0.4, 0.5) is 0 Å². The van der Waals surface area contributed by atoms with Crippen LogP contribution in [0.15, 0.2) is 52.3 Å². The maximum Gasteiger partial charge on any atom is 0.308 e. The van der Waals surface area contributed by atoms with Crippen molar-refractivity contribution in [1.82, 2.24) is 15.5 Å². The van der Waals surface area contributed by atoms with E-state index in [0.717, 1.165) is 5.56 Å². The van der Waals surface area contributed by atoms with E-state index in [0.29, 0.717) is 10.8 Å². The molecule has 0 fully saturated rings. The zero-order valence-electron chi connectivity index (χ0n) is 16.4. The molecule has 0 saturated carbocycles. The van der Waals surface area contributed by atoms with E-state index in [1.165, 1.54) is 11.3 Å². The molecule has 0 aliphatic heterocycles. The van der Waals surface area contributed by atoms with Crippen LogP contribution in [0, 0.1) is 0 Å². The van der Waals surface area contributed by atoms with Crippen molar-refractivity contribution in [2.75, 3.05) is 6.54 Å². The molecule has 3 rings (SSSR count). The Hall–Kier alpha value is -3.33. The van der Waals surface area contributed by atoms with E-state index in [-0.39, 0.29) is 43.4 Å². The normalized spacial score (nSPS) is 11.6. The van der Waals surface area contributed by atoms with Crippen molar-refractivity contribution >= 4 is 29.0 Å². The van der Waals surface area contributed by atoms with Crippen LogP contribution in [0.1, 0.15) is 47.9 Å². The third-order valence-corrected chi connectivity index (χ3v) is 5.05. The van der Waals surface area contributed by atoms with Crippen LogP contribution in [0.3, 0.4) is 0 Å². The van der Waals surface area contributed by atoms with E-state index >= 15 is 0 Å². The van der Waals surface area contributed by atoms with Gasteiger partial charge in [0.2, 0.25) is 11.8 Å². The van der Waals surface area contributed by atoms with Gasteiger partial charge >= 0.3 is 5.97 Å². The van der Waals surface area contributed by atoms with Crippen molar-refractivity contribution in [3.8, 4) is 11.5 Å². The van der Waals surface area contributed by atoms with E-state index in [1.807, 2.05) is 35.7 Å². The van der Waals surface area contributed by atoms with Gasteiger partial charge in [0.25, 0.3) is 5.89 Å². The molecule has 0 bridgehead atoms. The second-order valence-corrected chi connectivity index (χ2v) is 7.39. The summed E-state index contributed by atoms with van der Waals surface area (Å²) in [6.07, 6.45) is -0.503. The fourth-order valence-corrected chi connectivity index (χ4v) is 3.28. The second kappa shape index (κ2) is 10.4. The Bertz CT molecular complexity index is 985. The van der Waals surface area contributed by atoms with Gasteiger partial charge in [0.15, 0.2) is 11.9 Å². The van der Waals surface area contributed by atoms with Gasteiger partial charge in [-0.25, -0.2) is 0 Å². The highest BCUT2D eigenvalue weighted by Gasteiger charge is 2.19. The summed E-state index contributed by atoms with van der Waals surface area (Å²) in [7, 11) is 0. The number of rotatable bonds is 10. The first kappa shape index (κ1) is 21.4. The fourth-order valence-electron chi connectivity index (χ4n) is 2.58. The lowest BCUT2D eigenvalue weighted by atomic mass is 10.2. The molecule has 30 heavy (non-hydrogen) atoms. The van der Waals surface area contributed by atoms with Crippen molar-refractivity contribution in [1.29, 1.82) is 0 Å². The Morgan fingerprint density at radius 3 is 2.60 bits per heavy atom. The van der Waals surface area contributed by atoms with Gasteiger partial charge in [0.05, 0.1) is 11.3 Å². The highest BCUT2D eigenvalue weighted by atomic mass is 32.1. The predicted octanol–water partition coefficient (Wildman–Crippen LogP) is 3.57. The third-order valence-electron chi connectivity index (χ3n) is 4.14. The summed E-state index contributed by atoms with van der Waals surface area (Å²) in [5.41, 5.74) is 0.773. The molecule has 1 amide bonds. The quantitative estimate of drug-likeness (QED) is 0.389. The number of amides is 1. The number of carbonyl (C=O) groups is 3. The number of ether oxygens (including phenoxy) is 1. The molecule has 0 radical (unpaired) electrons. The van der Waals surface area contributed by atoms with Crippen LogP contribution in [0.2, 0.25) is 0 Å². The van der Waals surface area contributed by atoms with Gasteiger partial charge in [-0.05, 0) is 30.5 Å². The van der Waals surface area contributed by atoms with Crippen molar-refractivity contribution in [3.63, 3.8) is 0 Å². The van der Waals surface area contributed by atoms with Crippen LogP contribution in [-0.4, -0.2) is 34.4 Å². The second-order valence-electron chi connectivity index (χ2n) is 6.44. The van der Waals surface area contributed by atoms with Gasteiger partial charge in [0.1, 0.15) is 0 Å². The molecule has 1 N–H and O–H groups in total. The number of thiophene rings is 1. The number of esters is 1. The summed E-state index contributed by atoms with van der Waals surface area (Å²) in [5.74, 6) is -0.318. The summed E-state index contributed by atoms with van der Waals surface area (Å²) in [5, 5.41) is 12.3. The highest BCUT2D eigenvalue weighted by Crippen LogP contribution is 2.22. The molecule has 2 aromatic heterocycles. The molecule has 8 nitrogen and oxygen atoms in total. The molecule has 1 unspecified atom stereocenters. The minimum atomic E-state index is -0.707. The largest absolute Gasteiger partial charge is 0.453 e. The number of nitrogens with one attached hydrogen (secondary N) is 1. The minimum Gasteiger partial charge on any atom is -0.453 e. The zero-order chi connectivity index (χ0) is 21.3. The van der Waals surface area contributed by atoms with E-state index < -0.39 is 12.1 Å². The molecular formula is C21H21N3O5S. The van der Waals surface area contributed by atoms with Crippen LogP contribution in [0.5, 0.6) is 0 Å². The molecule has 0 saturated heterocycles. The molecule has 1 atom stereocenters. The molecule has 1 aromatic carbocycles. The summed E-state index contributed by atoms with van der Waals surface area (Å²) in [6, 6.07) is 12.8. The lowest BCUT2D eigenvalue weighted by Crippen LogP contribution is -2.27. The molecule has 0 aliphatic rings. The fraction of sp³-hybridized carbons (Fsp3) is 0.286. The summed E-state index contributed by atoms with van der Waals surface area (Å²) < 4.78 is 10.8. The number of ketones is 1. The lowest BCUT2D eigenvalue weighted by molar-refractivity contribution is -0.149. The number of carbonyl (C=O) groups excluding carboxylic acids is 3. The van der Waals surface area contributed by atoms with Crippen LogP contribution in [-0.2, 0) is 14.3 Å². The van der Waals surface area contributed by atoms with Crippen molar-refractivity contribution in [2.45, 2.75) is 32.3 Å². The number of nitrogens with zero attached hydrogens (tertiary/aromatic N) is 2. The molecule has 156 valence electrons. The van der Waals surface area contributed by atoms with Crippen LogP contribution < -0.4 is 5.32 Å². The summed E-state index contributed by atoms with van der Waals surface area (Å²) in [4.78, 5) is 36.3. The molecule has 0 spiro atoms. The van der Waals surface area contributed by atoms with Crippen molar-refractivity contribution < 1.29 is 23.5 Å². The Morgan fingerprint density at radius 1 is 1.07 bits per heavy atom. The maximum absolute atomic E-state index is 12.0. The van der Waals surface area contributed by atoms with Crippen molar-refractivity contribution in [2.24, 2.45) is 0 Å². The van der Waals surface area contributed by atoms with Crippen LogP contribution >= 0.6 is 11.3 Å². The maximum atomic E-state index is 12.0. The third kappa shape index (κ3) is 6.08. The zero-order valence-corrected chi connectivity index (χ0v) is 17.2. The number of benzene rings is 1. The van der Waals surface area contributed by atoms with E-state index in [2.05, 4.69) is 15.5 Å². The Kier molecular flexibility index (Phi) is 7.45. The molecule has 9 heteroatoms. The summed E-state index contributed by atoms with van der Waals surface area (Å²) in [6.45, 7) is 1.76. The molecule has 0 aliphatic carbocycles. The summed E-state index contributed by atoms with van der Waals surface area (Å²) >= 11 is 1.35. The van der Waals surface area contributed by atoms with E-state index in [1.54, 1.807) is 19.1 Å². The van der Waals surface area contributed by atoms with Gasteiger partial charge in [-0.2, -0.15) is 0 Å². The van der Waals surface area contributed by atoms with Crippen LogP contribution in [0.25, 0.3) is 11.5 Å². The van der Waals surface area contributed by atoms with Gasteiger partial charge < -0.3 is 14.5 Å². The number of aromatic nitrogens is 2. The monoisotopic (exact) mass is 427 g/mol. The lowest BCUT2D eigenvalue weighted by Gasteiger charge is -2.10. The Balaban J connectivity index is 1.36. The van der Waals surface area contributed by atoms with Gasteiger partial charge in [0, 0.05) is 24.9 Å². The number of hydrogen-bond donors (Lipinski definition) is 1. The topological polar surface area (TPSA) is 111 Å². The van der Waals surface area contributed by atoms with Gasteiger partial charge in [-0.1, -0.05) is 24.3 Å². The average molecular weight is 427 g/mol. The SMILES string of the molecule is CC(OC(=O)CCNC(=O)CCC(=O)c1cccs1)c1nnc(-c2ccccc2)o1. The number of Topliss-reactive ketones (excluding diaryl/α,β-unsaturated/α-hetero) is 1. The standard InChI is InChI=1S/C21H21N3O5S/c1-14(20-23-24-21(29-20)15-6-3-2-4-7-15)28-19(27)11-12-22-18(26)10-9-16(25)17-8-5-13-30-17/h2-8,13-14H,9-12H2,1H3,(H,22,26). The predicted molar refractivity (Wildman–Crippen MR) is 110 cm³/mol. The molecule has 2 heterocycles. The highest BCUT2D eigenvalue weighted by molar-refractivity contribution is 7.12. The average Bonchev–Trinajstić information content (AvgIpc) is 3.45. The van der Waals surface area contributed by atoms with Crippen molar-refractivity contribution in [3.05, 3.63) is 58.6 Å². The molecular weight excluding hydrogens is 406 g/mol. The minimum absolute atomic E-state index is 0.00533. The number of hydrogen-bond acceptors (Lipinski definition) is 8. The first-order chi connectivity index (χ1) is 14.5. The smallest absolute Gasteiger partial charge is 0.308 e. The van der Waals surface area contributed by atoms with Gasteiger partial charge in [-0.15, -0.1) is 21.5 Å². The van der Waals surface area contributed by atoms with E-state index in [4.69, 9.17) is 9.15 Å². The Labute approximate surface area is 177 Å².